The Morgan fingerprint density at radius 1 is 1.15 bits per heavy atom. The van der Waals surface area contributed by atoms with E-state index >= 15 is 0 Å². The van der Waals surface area contributed by atoms with Gasteiger partial charge >= 0.3 is 0 Å². The molecule has 0 aliphatic carbocycles. The summed E-state index contributed by atoms with van der Waals surface area (Å²) in [5.74, 6) is -2.73. The molecule has 2 aromatic carbocycles. The SMILES string of the molecule is O=[N+]([O-])c1ccc(F)cc1NCc1cccc(F)c1F. The molecule has 0 aliphatic heterocycles. The Morgan fingerprint density at radius 2 is 1.90 bits per heavy atom. The van der Waals surface area contributed by atoms with Crippen LogP contribution < -0.4 is 5.32 Å². The Labute approximate surface area is 112 Å². The molecule has 0 bridgehead atoms. The number of nitro benzene ring substituents is 1. The highest BCUT2D eigenvalue weighted by Gasteiger charge is 2.15. The van der Waals surface area contributed by atoms with Gasteiger partial charge in [0, 0.05) is 24.2 Å². The van der Waals surface area contributed by atoms with Gasteiger partial charge in [0.2, 0.25) is 0 Å². The summed E-state index contributed by atoms with van der Waals surface area (Å²) in [5.41, 5.74) is -0.453. The van der Waals surface area contributed by atoms with Crippen molar-refractivity contribution < 1.29 is 18.1 Å². The van der Waals surface area contributed by atoms with Gasteiger partial charge in [0.1, 0.15) is 11.5 Å². The fourth-order valence-corrected chi connectivity index (χ4v) is 1.68. The lowest BCUT2D eigenvalue weighted by Gasteiger charge is -2.08. The monoisotopic (exact) mass is 282 g/mol. The smallest absolute Gasteiger partial charge is 0.292 e. The lowest BCUT2D eigenvalue weighted by atomic mass is 10.2. The Bertz CT molecular complexity index is 662. The van der Waals surface area contributed by atoms with Crippen LogP contribution in [0.3, 0.4) is 0 Å². The first kappa shape index (κ1) is 13.9. The van der Waals surface area contributed by atoms with Crippen molar-refractivity contribution in [1.82, 2.24) is 0 Å². The fourth-order valence-electron chi connectivity index (χ4n) is 1.68. The Hall–Kier alpha value is -2.57. The molecule has 0 aromatic heterocycles. The van der Waals surface area contributed by atoms with Crippen LogP contribution in [0.5, 0.6) is 0 Å². The van der Waals surface area contributed by atoms with Crippen molar-refractivity contribution in [3.63, 3.8) is 0 Å². The maximum Gasteiger partial charge on any atom is 0.292 e. The van der Waals surface area contributed by atoms with Gasteiger partial charge in [0.25, 0.3) is 5.69 Å². The van der Waals surface area contributed by atoms with Crippen molar-refractivity contribution in [1.29, 1.82) is 0 Å². The molecular weight excluding hydrogens is 273 g/mol. The lowest BCUT2D eigenvalue weighted by Crippen LogP contribution is -2.05. The average molecular weight is 282 g/mol. The van der Waals surface area contributed by atoms with E-state index in [-0.39, 0.29) is 23.5 Å². The summed E-state index contributed by atoms with van der Waals surface area (Å²) in [6.07, 6.45) is 0. The summed E-state index contributed by atoms with van der Waals surface area (Å²) in [4.78, 5) is 10.1. The molecule has 0 radical (unpaired) electrons. The van der Waals surface area contributed by atoms with Crippen LogP contribution in [0.2, 0.25) is 0 Å². The van der Waals surface area contributed by atoms with Gasteiger partial charge in [-0.25, -0.2) is 13.2 Å². The minimum atomic E-state index is -1.04. The average Bonchev–Trinajstić information content (AvgIpc) is 2.40. The normalized spacial score (nSPS) is 10.3. The number of rotatable bonds is 4. The molecule has 2 aromatic rings. The van der Waals surface area contributed by atoms with Crippen molar-refractivity contribution in [3.8, 4) is 0 Å². The second-order valence-electron chi connectivity index (χ2n) is 3.99. The number of halogens is 3. The van der Waals surface area contributed by atoms with E-state index < -0.39 is 22.4 Å². The first-order valence-corrected chi connectivity index (χ1v) is 5.59. The van der Waals surface area contributed by atoms with E-state index in [0.29, 0.717) is 0 Å². The molecule has 0 saturated carbocycles. The molecule has 0 fully saturated rings. The number of nitrogens with one attached hydrogen (secondary N) is 1. The van der Waals surface area contributed by atoms with Gasteiger partial charge in [-0.3, -0.25) is 10.1 Å². The highest BCUT2D eigenvalue weighted by Crippen LogP contribution is 2.25. The van der Waals surface area contributed by atoms with Crippen molar-refractivity contribution in [3.05, 3.63) is 69.5 Å². The molecule has 2 rings (SSSR count). The van der Waals surface area contributed by atoms with Gasteiger partial charge < -0.3 is 5.32 Å². The van der Waals surface area contributed by atoms with E-state index in [9.17, 15) is 23.3 Å². The molecule has 0 heterocycles. The largest absolute Gasteiger partial charge is 0.375 e. The molecule has 4 nitrogen and oxygen atoms in total. The van der Waals surface area contributed by atoms with E-state index in [1.807, 2.05) is 0 Å². The van der Waals surface area contributed by atoms with E-state index in [2.05, 4.69) is 5.32 Å². The minimum absolute atomic E-state index is 0.0106. The highest BCUT2D eigenvalue weighted by atomic mass is 19.2. The molecule has 20 heavy (non-hydrogen) atoms. The van der Waals surface area contributed by atoms with E-state index in [1.165, 1.54) is 12.1 Å². The number of hydrogen-bond acceptors (Lipinski definition) is 3. The van der Waals surface area contributed by atoms with Crippen LogP contribution in [-0.2, 0) is 6.54 Å². The Morgan fingerprint density at radius 3 is 2.60 bits per heavy atom. The zero-order chi connectivity index (χ0) is 14.7. The summed E-state index contributed by atoms with van der Waals surface area (Å²) < 4.78 is 39.5. The number of anilines is 1. The first-order valence-electron chi connectivity index (χ1n) is 5.59. The lowest BCUT2D eigenvalue weighted by molar-refractivity contribution is -0.384. The fraction of sp³-hybridized carbons (Fsp3) is 0.0769. The van der Waals surface area contributed by atoms with E-state index in [4.69, 9.17) is 0 Å². The van der Waals surface area contributed by atoms with E-state index in [1.54, 1.807) is 0 Å². The quantitative estimate of drug-likeness (QED) is 0.688. The van der Waals surface area contributed by atoms with Crippen LogP contribution in [0.15, 0.2) is 36.4 Å². The van der Waals surface area contributed by atoms with Crippen molar-refractivity contribution in [2.75, 3.05) is 5.32 Å². The second kappa shape index (κ2) is 5.60. The topological polar surface area (TPSA) is 55.2 Å². The van der Waals surface area contributed by atoms with Crippen LogP contribution in [-0.4, -0.2) is 4.92 Å². The van der Waals surface area contributed by atoms with Crippen LogP contribution >= 0.6 is 0 Å². The summed E-state index contributed by atoms with van der Waals surface area (Å²) in [5, 5.41) is 13.3. The number of nitro groups is 1. The third-order valence-electron chi connectivity index (χ3n) is 2.66. The molecule has 0 unspecified atom stereocenters. The Kier molecular flexibility index (Phi) is 3.88. The maximum absolute atomic E-state index is 13.4. The number of hydrogen-bond donors (Lipinski definition) is 1. The predicted molar refractivity (Wildman–Crippen MR) is 66.7 cm³/mol. The number of nitrogens with zero attached hydrogens (tertiary/aromatic N) is 1. The standard InChI is InChI=1S/C13H9F3N2O2/c14-9-4-5-12(18(19)20)11(6-9)17-7-8-2-1-3-10(15)13(8)16/h1-6,17H,7H2. The van der Waals surface area contributed by atoms with Crippen LogP contribution in [0.25, 0.3) is 0 Å². The molecule has 0 atom stereocenters. The van der Waals surface area contributed by atoms with Crippen molar-refractivity contribution in [2.45, 2.75) is 6.54 Å². The van der Waals surface area contributed by atoms with Crippen LogP contribution in [0, 0.1) is 27.6 Å². The van der Waals surface area contributed by atoms with Gasteiger partial charge in [0.15, 0.2) is 11.6 Å². The Balaban J connectivity index is 2.24. The van der Waals surface area contributed by atoms with Gasteiger partial charge in [-0.05, 0) is 12.1 Å². The van der Waals surface area contributed by atoms with Gasteiger partial charge in [-0.1, -0.05) is 12.1 Å². The molecule has 104 valence electrons. The molecule has 0 saturated heterocycles. The zero-order valence-electron chi connectivity index (χ0n) is 10.1. The van der Waals surface area contributed by atoms with Crippen molar-refractivity contribution >= 4 is 11.4 Å². The molecule has 0 amide bonds. The summed E-state index contributed by atoms with van der Waals surface area (Å²) in [6.45, 7) is -0.201. The van der Waals surface area contributed by atoms with Crippen LogP contribution in [0.4, 0.5) is 24.5 Å². The summed E-state index contributed by atoms with van der Waals surface area (Å²) >= 11 is 0. The van der Waals surface area contributed by atoms with Crippen molar-refractivity contribution in [2.24, 2.45) is 0 Å². The molecule has 0 aliphatic rings. The summed E-state index contributed by atoms with van der Waals surface area (Å²) in [6, 6.07) is 6.48. The van der Waals surface area contributed by atoms with Crippen LogP contribution in [0.1, 0.15) is 5.56 Å². The minimum Gasteiger partial charge on any atom is -0.375 e. The zero-order valence-corrected chi connectivity index (χ0v) is 10.1. The third kappa shape index (κ3) is 2.87. The number of benzene rings is 2. The van der Waals surface area contributed by atoms with Gasteiger partial charge in [-0.2, -0.15) is 0 Å². The molecule has 1 N–H and O–H groups in total. The van der Waals surface area contributed by atoms with E-state index in [0.717, 1.165) is 24.3 Å². The molecule has 0 spiro atoms. The molecular formula is C13H9F3N2O2. The maximum atomic E-state index is 13.4. The second-order valence-corrected chi connectivity index (χ2v) is 3.99. The summed E-state index contributed by atoms with van der Waals surface area (Å²) in [7, 11) is 0. The highest BCUT2D eigenvalue weighted by molar-refractivity contribution is 5.61. The third-order valence-corrected chi connectivity index (χ3v) is 2.66. The first-order chi connectivity index (χ1) is 9.49. The molecule has 7 heteroatoms. The van der Waals surface area contributed by atoms with Gasteiger partial charge in [0.05, 0.1) is 4.92 Å². The van der Waals surface area contributed by atoms with Gasteiger partial charge in [-0.15, -0.1) is 0 Å². The predicted octanol–water partition coefficient (Wildman–Crippen LogP) is 3.62.